The van der Waals surface area contributed by atoms with Gasteiger partial charge in [-0.1, -0.05) is 18.2 Å². The normalized spacial score (nSPS) is 11.9. The third-order valence-electron chi connectivity index (χ3n) is 2.82. The zero-order valence-electron chi connectivity index (χ0n) is 10.6. The number of carbonyl (C=O) groups is 2. The van der Waals surface area contributed by atoms with Gasteiger partial charge >= 0.3 is 11.9 Å². The van der Waals surface area contributed by atoms with Crippen LogP contribution in [0, 0.1) is 16.0 Å². The molecule has 0 aliphatic rings. The largest absolute Gasteiger partial charge is 0.496 e. The number of benzene rings is 1. The number of rotatable bonds is 7. The fourth-order valence-corrected chi connectivity index (χ4v) is 1.97. The number of nitrogens with zero attached hydrogens (tertiary/aromatic N) is 1. The summed E-state index contributed by atoms with van der Waals surface area (Å²) < 4.78 is 5.01. The molecule has 0 spiro atoms. The molecule has 0 bridgehead atoms. The van der Waals surface area contributed by atoms with E-state index in [0.29, 0.717) is 0 Å². The summed E-state index contributed by atoms with van der Waals surface area (Å²) >= 11 is 0. The van der Waals surface area contributed by atoms with Gasteiger partial charge in [0.05, 0.1) is 13.0 Å². The predicted molar refractivity (Wildman–Crippen MR) is 66.4 cm³/mol. The fourth-order valence-electron chi connectivity index (χ4n) is 1.97. The van der Waals surface area contributed by atoms with Crippen molar-refractivity contribution in [1.82, 2.24) is 0 Å². The maximum atomic E-state index is 11.1. The summed E-state index contributed by atoms with van der Waals surface area (Å²) in [7, 11) is 1.32. The Hall–Kier alpha value is -2.64. The summed E-state index contributed by atoms with van der Waals surface area (Å²) in [6, 6.07) is 6.04. The molecule has 0 aliphatic carbocycles. The molecular formula is C12H13NO7. The number of aliphatic carboxylic acids is 2. The summed E-state index contributed by atoms with van der Waals surface area (Å²) in [5, 5.41) is 28.7. The van der Waals surface area contributed by atoms with Crippen LogP contribution in [0.5, 0.6) is 5.75 Å². The van der Waals surface area contributed by atoms with Crippen LogP contribution in [-0.2, 0) is 9.59 Å². The van der Waals surface area contributed by atoms with Gasteiger partial charge in [-0.25, -0.2) is 0 Å². The van der Waals surface area contributed by atoms with E-state index in [2.05, 4.69) is 0 Å². The predicted octanol–water partition coefficient (Wildman–Crippen LogP) is 0.841. The molecular weight excluding hydrogens is 270 g/mol. The third-order valence-corrected chi connectivity index (χ3v) is 2.82. The maximum absolute atomic E-state index is 11.1. The minimum absolute atomic E-state index is 0.182. The van der Waals surface area contributed by atoms with Crippen LogP contribution in [0.4, 0.5) is 0 Å². The molecule has 2 N–H and O–H groups in total. The van der Waals surface area contributed by atoms with Gasteiger partial charge in [0.2, 0.25) is 6.54 Å². The standard InChI is InChI=1S/C12H13NO7/c1-20-9-5-3-2-4-7(9)8(6-13(18)19)10(11(14)15)12(16)17/h2-5,8,10H,6H2,1H3,(H,14,15)(H,16,17). The molecule has 0 heterocycles. The summed E-state index contributed by atoms with van der Waals surface area (Å²) in [6.45, 7) is -0.816. The molecule has 0 amide bonds. The van der Waals surface area contributed by atoms with Gasteiger partial charge < -0.3 is 14.9 Å². The number of hydrogen-bond acceptors (Lipinski definition) is 5. The van der Waals surface area contributed by atoms with E-state index >= 15 is 0 Å². The first-order valence-electron chi connectivity index (χ1n) is 5.58. The van der Waals surface area contributed by atoms with Gasteiger partial charge in [-0.15, -0.1) is 0 Å². The molecule has 0 aromatic heterocycles. The van der Waals surface area contributed by atoms with Crippen LogP contribution in [0.15, 0.2) is 24.3 Å². The van der Waals surface area contributed by atoms with E-state index in [1.54, 1.807) is 6.07 Å². The molecule has 0 aliphatic heterocycles. The molecule has 0 fully saturated rings. The number of para-hydroxylation sites is 1. The lowest BCUT2D eigenvalue weighted by molar-refractivity contribution is -0.484. The highest BCUT2D eigenvalue weighted by Gasteiger charge is 2.40. The highest BCUT2D eigenvalue weighted by molar-refractivity contribution is 5.94. The molecule has 0 saturated carbocycles. The molecule has 8 nitrogen and oxygen atoms in total. The lowest BCUT2D eigenvalue weighted by Crippen LogP contribution is -2.33. The van der Waals surface area contributed by atoms with Crippen molar-refractivity contribution in [3.8, 4) is 5.75 Å². The zero-order chi connectivity index (χ0) is 15.3. The van der Waals surface area contributed by atoms with Crippen molar-refractivity contribution in [2.75, 3.05) is 13.7 Å². The van der Waals surface area contributed by atoms with Crippen molar-refractivity contribution < 1.29 is 29.5 Å². The van der Waals surface area contributed by atoms with E-state index in [-0.39, 0.29) is 11.3 Å². The molecule has 20 heavy (non-hydrogen) atoms. The highest BCUT2D eigenvalue weighted by Crippen LogP contribution is 2.32. The van der Waals surface area contributed by atoms with E-state index in [4.69, 9.17) is 14.9 Å². The Kier molecular flexibility index (Phi) is 5.01. The quantitative estimate of drug-likeness (QED) is 0.431. The van der Waals surface area contributed by atoms with Gasteiger partial charge in [0.1, 0.15) is 5.75 Å². The Bertz CT molecular complexity index is 514. The van der Waals surface area contributed by atoms with Gasteiger partial charge in [0, 0.05) is 10.5 Å². The lowest BCUT2D eigenvalue weighted by Gasteiger charge is -2.19. The molecule has 1 atom stereocenters. The topological polar surface area (TPSA) is 127 Å². The molecule has 1 aromatic rings. The second kappa shape index (κ2) is 6.50. The number of hydrogen-bond donors (Lipinski definition) is 2. The monoisotopic (exact) mass is 283 g/mol. The van der Waals surface area contributed by atoms with Gasteiger partial charge in [0.25, 0.3) is 0 Å². The molecule has 1 unspecified atom stereocenters. The van der Waals surface area contributed by atoms with Crippen LogP contribution in [0.1, 0.15) is 11.5 Å². The smallest absolute Gasteiger partial charge is 0.318 e. The lowest BCUT2D eigenvalue weighted by atomic mass is 9.85. The summed E-state index contributed by atoms with van der Waals surface area (Å²) in [6.07, 6.45) is 0. The van der Waals surface area contributed by atoms with Crippen LogP contribution < -0.4 is 4.74 Å². The van der Waals surface area contributed by atoms with Gasteiger partial charge in [-0.2, -0.15) is 0 Å². The van der Waals surface area contributed by atoms with Gasteiger partial charge in [0.15, 0.2) is 5.92 Å². The van der Waals surface area contributed by atoms with Crippen LogP contribution in [-0.4, -0.2) is 40.7 Å². The first-order chi connectivity index (χ1) is 9.38. The average molecular weight is 283 g/mol. The van der Waals surface area contributed by atoms with E-state index < -0.39 is 35.2 Å². The van der Waals surface area contributed by atoms with Crippen LogP contribution >= 0.6 is 0 Å². The van der Waals surface area contributed by atoms with Crippen LogP contribution in [0.25, 0.3) is 0 Å². The second-order valence-corrected chi connectivity index (χ2v) is 4.02. The number of nitro groups is 1. The van der Waals surface area contributed by atoms with Gasteiger partial charge in [-0.3, -0.25) is 19.7 Å². The van der Waals surface area contributed by atoms with E-state index in [9.17, 15) is 19.7 Å². The number of ether oxygens (including phenoxy) is 1. The molecule has 8 heteroatoms. The second-order valence-electron chi connectivity index (χ2n) is 4.02. The number of carboxylic acid groups (broad SMARTS) is 2. The molecule has 0 radical (unpaired) electrons. The third kappa shape index (κ3) is 3.44. The molecule has 0 saturated heterocycles. The number of carboxylic acids is 2. The SMILES string of the molecule is COc1ccccc1C(C[N+](=O)[O-])C(C(=O)O)C(=O)O. The van der Waals surface area contributed by atoms with Crippen molar-refractivity contribution in [3.63, 3.8) is 0 Å². The highest BCUT2D eigenvalue weighted by atomic mass is 16.6. The van der Waals surface area contributed by atoms with Crippen molar-refractivity contribution >= 4 is 11.9 Å². The summed E-state index contributed by atoms with van der Waals surface area (Å²) in [5.74, 6) is -6.29. The Morgan fingerprint density at radius 1 is 1.30 bits per heavy atom. The fraction of sp³-hybridized carbons (Fsp3) is 0.333. The zero-order valence-corrected chi connectivity index (χ0v) is 10.6. The first-order valence-corrected chi connectivity index (χ1v) is 5.58. The Labute approximate surface area is 113 Å². The minimum Gasteiger partial charge on any atom is -0.496 e. The molecule has 1 aromatic carbocycles. The van der Waals surface area contributed by atoms with Gasteiger partial charge in [-0.05, 0) is 6.07 Å². The molecule has 1 rings (SSSR count). The van der Waals surface area contributed by atoms with Crippen molar-refractivity contribution in [2.45, 2.75) is 5.92 Å². The summed E-state index contributed by atoms with van der Waals surface area (Å²) in [5.41, 5.74) is 0.182. The van der Waals surface area contributed by atoms with E-state index in [1.165, 1.54) is 25.3 Å². The summed E-state index contributed by atoms with van der Waals surface area (Å²) in [4.78, 5) is 32.2. The van der Waals surface area contributed by atoms with Crippen molar-refractivity contribution in [3.05, 3.63) is 39.9 Å². The van der Waals surface area contributed by atoms with E-state index in [0.717, 1.165) is 0 Å². The first kappa shape index (κ1) is 15.4. The Morgan fingerprint density at radius 3 is 2.30 bits per heavy atom. The minimum atomic E-state index is -1.92. The Balaban J connectivity index is 3.33. The maximum Gasteiger partial charge on any atom is 0.318 e. The van der Waals surface area contributed by atoms with Crippen molar-refractivity contribution in [2.24, 2.45) is 5.92 Å². The van der Waals surface area contributed by atoms with Crippen LogP contribution in [0.3, 0.4) is 0 Å². The van der Waals surface area contributed by atoms with Crippen LogP contribution in [0.2, 0.25) is 0 Å². The van der Waals surface area contributed by atoms with E-state index in [1.807, 2.05) is 0 Å². The average Bonchev–Trinajstić information content (AvgIpc) is 2.36. The molecule has 108 valence electrons. The Morgan fingerprint density at radius 2 is 1.85 bits per heavy atom. The number of methoxy groups -OCH3 is 1. The van der Waals surface area contributed by atoms with Crippen molar-refractivity contribution in [1.29, 1.82) is 0 Å².